The summed E-state index contributed by atoms with van der Waals surface area (Å²) in [6.45, 7) is 6.44. The van der Waals surface area contributed by atoms with E-state index in [0.29, 0.717) is 6.61 Å². The molecule has 0 unspecified atom stereocenters. The molecule has 1 aromatic carbocycles. The summed E-state index contributed by atoms with van der Waals surface area (Å²) in [6.07, 6.45) is 0. The first-order valence-corrected chi connectivity index (χ1v) is 5.61. The van der Waals surface area contributed by atoms with Crippen LogP contribution in [0.1, 0.15) is 28.4 Å². The Morgan fingerprint density at radius 1 is 1.33 bits per heavy atom. The lowest BCUT2D eigenvalue weighted by molar-refractivity contribution is 0.102. The molecule has 82 valence electrons. The summed E-state index contributed by atoms with van der Waals surface area (Å²) >= 11 is 3.99. The van der Waals surface area contributed by atoms with Gasteiger partial charge in [0.2, 0.25) is 0 Å². The standard InChI is InChI=1S/C12H16O2S/c1-4-14-12-6-8(2)10(5-9(12)3)11(13)7-15/h5-6,15H,4,7H2,1-3H3. The zero-order valence-electron chi connectivity index (χ0n) is 9.33. The van der Waals surface area contributed by atoms with Gasteiger partial charge in [0.25, 0.3) is 0 Å². The van der Waals surface area contributed by atoms with Crippen LogP contribution in [-0.4, -0.2) is 18.1 Å². The lowest BCUT2D eigenvalue weighted by Gasteiger charge is -2.11. The summed E-state index contributed by atoms with van der Waals surface area (Å²) in [5.41, 5.74) is 2.68. The van der Waals surface area contributed by atoms with E-state index in [1.807, 2.05) is 32.9 Å². The molecule has 3 heteroatoms. The molecular formula is C12H16O2S. The second-order valence-electron chi connectivity index (χ2n) is 3.45. The van der Waals surface area contributed by atoms with E-state index in [9.17, 15) is 4.79 Å². The molecule has 0 saturated heterocycles. The number of ketones is 1. The largest absolute Gasteiger partial charge is 0.494 e. The molecule has 0 aliphatic heterocycles. The molecule has 0 amide bonds. The normalized spacial score (nSPS) is 10.1. The summed E-state index contributed by atoms with van der Waals surface area (Å²) in [5, 5.41) is 0. The first-order chi connectivity index (χ1) is 7.10. The SMILES string of the molecule is CCOc1cc(C)c(C(=O)CS)cc1C. The second kappa shape index (κ2) is 5.21. The van der Waals surface area contributed by atoms with Crippen LogP contribution in [0.15, 0.2) is 12.1 Å². The van der Waals surface area contributed by atoms with Gasteiger partial charge in [0.15, 0.2) is 5.78 Å². The Hall–Kier alpha value is -0.960. The number of carbonyl (C=O) groups is 1. The minimum absolute atomic E-state index is 0.0574. The molecule has 2 nitrogen and oxygen atoms in total. The van der Waals surface area contributed by atoms with Crippen LogP contribution in [0.4, 0.5) is 0 Å². The summed E-state index contributed by atoms with van der Waals surface area (Å²) in [5.74, 6) is 1.15. The van der Waals surface area contributed by atoms with Gasteiger partial charge in [0.1, 0.15) is 5.75 Å². The predicted molar refractivity (Wildman–Crippen MR) is 65.3 cm³/mol. The molecule has 0 aliphatic rings. The van der Waals surface area contributed by atoms with E-state index in [-0.39, 0.29) is 11.5 Å². The second-order valence-corrected chi connectivity index (χ2v) is 3.76. The maximum Gasteiger partial charge on any atom is 0.172 e. The quantitative estimate of drug-likeness (QED) is 0.628. The highest BCUT2D eigenvalue weighted by molar-refractivity contribution is 7.81. The monoisotopic (exact) mass is 224 g/mol. The molecule has 0 aromatic heterocycles. The summed E-state index contributed by atoms with van der Waals surface area (Å²) in [6, 6.07) is 3.79. The Kier molecular flexibility index (Phi) is 4.21. The van der Waals surface area contributed by atoms with E-state index in [2.05, 4.69) is 12.6 Å². The van der Waals surface area contributed by atoms with Crippen LogP contribution < -0.4 is 4.74 Å². The predicted octanol–water partition coefficient (Wildman–Crippen LogP) is 2.81. The molecule has 0 spiro atoms. The summed E-state index contributed by atoms with van der Waals surface area (Å²) in [4.78, 5) is 11.5. The van der Waals surface area contributed by atoms with Gasteiger partial charge in [-0.15, -0.1) is 0 Å². The van der Waals surface area contributed by atoms with Crippen molar-refractivity contribution in [2.75, 3.05) is 12.4 Å². The Labute approximate surface area is 96.1 Å². The fourth-order valence-electron chi connectivity index (χ4n) is 1.49. The van der Waals surface area contributed by atoms with Crippen molar-refractivity contribution in [3.05, 3.63) is 28.8 Å². The first-order valence-electron chi connectivity index (χ1n) is 4.98. The zero-order chi connectivity index (χ0) is 11.4. The topological polar surface area (TPSA) is 26.3 Å². The molecular weight excluding hydrogens is 208 g/mol. The number of thiol groups is 1. The van der Waals surface area contributed by atoms with Gasteiger partial charge in [-0.05, 0) is 44.0 Å². The van der Waals surface area contributed by atoms with E-state index in [1.165, 1.54) is 0 Å². The van der Waals surface area contributed by atoms with Gasteiger partial charge in [-0.3, -0.25) is 4.79 Å². The van der Waals surface area contributed by atoms with Crippen molar-refractivity contribution in [2.24, 2.45) is 0 Å². The third-order valence-electron chi connectivity index (χ3n) is 2.27. The van der Waals surface area contributed by atoms with Gasteiger partial charge in [-0.2, -0.15) is 12.6 Å². The lowest BCUT2D eigenvalue weighted by Crippen LogP contribution is -2.05. The number of Topliss-reactive ketones (excluding diaryl/α,β-unsaturated/α-hetero) is 1. The highest BCUT2D eigenvalue weighted by atomic mass is 32.1. The highest BCUT2D eigenvalue weighted by Gasteiger charge is 2.10. The molecule has 1 aromatic rings. The molecule has 1 rings (SSSR count). The minimum atomic E-state index is 0.0574. The van der Waals surface area contributed by atoms with Gasteiger partial charge in [0, 0.05) is 5.56 Å². The number of aryl methyl sites for hydroxylation is 2. The fraction of sp³-hybridized carbons (Fsp3) is 0.417. The van der Waals surface area contributed by atoms with Crippen LogP contribution in [0.3, 0.4) is 0 Å². The summed E-state index contributed by atoms with van der Waals surface area (Å²) in [7, 11) is 0. The lowest BCUT2D eigenvalue weighted by atomic mass is 10.0. The summed E-state index contributed by atoms with van der Waals surface area (Å²) < 4.78 is 5.46. The highest BCUT2D eigenvalue weighted by Crippen LogP contribution is 2.23. The Balaban J connectivity index is 3.13. The van der Waals surface area contributed by atoms with Crippen LogP contribution in [0.5, 0.6) is 5.75 Å². The third kappa shape index (κ3) is 2.75. The van der Waals surface area contributed by atoms with Crippen molar-refractivity contribution in [1.29, 1.82) is 0 Å². The molecule has 0 atom stereocenters. The third-order valence-corrected chi connectivity index (χ3v) is 2.55. The smallest absolute Gasteiger partial charge is 0.172 e. The number of hydrogen-bond acceptors (Lipinski definition) is 3. The van der Waals surface area contributed by atoms with Gasteiger partial charge >= 0.3 is 0 Å². The van der Waals surface area contributed by atoms with E-state index < -0.39 is 0 Å². The fourth-order valence-corrected chi connectivity index (χ4v) is 1.66. The van der Waals surface area contributed by atoms with E-state index >= 15 is 0 Å². The van der Waals surface area contributed by atoms with Crippen LogP contribution in [0.2, 0.25) is 0 Å². The number of hydrogen-bond donors (Lipinski definition) is 1. The first kappa shape index (κ1) is 12.1. The molecule has 0 saturated carbocycles. The van der Waals surface area contributed by atoms with Crippen molar-refractivity contribution in [1.82, 2.24) is 0 Å². The molecule has 0 radical (unpaired) electrons. The maximum atomic E-state index is 11.5. The van der Waals surface area contributed by atoms with Crippen molar-refractivity contribution in [2.45, 2.75) is 20.8 Å². The molecule has 0 bridgehead atoms. The van der Waals surface area contributed by atoms with E-state index in [1.54, 1.807) is 0 Å². The molecule has 0 heterocycles. The molecule has 15 heavy (non-hydrogen) atoms. The average Bonchev–Trinajstić information content (AvgIpc) is 2.22. The van der Waals surface area contributed by atoms with Gasteiger partial charge in [-0.1, -0.05) is 0 Å². The van der Waals surface area contributed by atoms with Gasteiger partial charge in [0.05, 0.1) is 12.4 Å². The zero-order valence-corrected chi connectivity index (χ0v) is 10.2. The van der Waals surface area contributed by atoms with Gasteiger partial charge < -0.3 is 4.74 Å². The minimum Gasteiger partial charge on any atom is -0.494 e. The van der Waals surface area contributed by atoms with Crippen molar-refractivity contribution in [3.63, 3.8) is 0 Å². The van der Waals surface area contributed by atoms with Crippen molar-refractivity contribution in [3.8, 4) is 5.75 Å². The van der Waals surface area contributed by atoms with Crippen LogP contribution >= 0.6 is 12.6 Å². The molecule has 0 fully saturated rings. The van der Waals surface area contributed by atoms with Crippen molar-refractivity contribution >= 4 is 18.4 Å². The van der Waals surface area contributed by atoms with Crippen molar-refractivity contribution < 1.29 is 9.53 Å². The van der Waals surface area contributed by atoms with Crippen LogP contribution in [-0.2, 0) is 0 Å². The Morgan fingerprint density at radius 3 is 2.53 bits per heavy atom. The Bertz CT molecular complexity index is 372. The number of benzene rings is 1. The number of carbonyl (C=O) groups excluding carboxylic acids is 1. The molecule has 0 aliphatic carbocycles. The van der Waals surface area contributed by atoms with Crippen LogP contribution in [0, 0.1) is 13.8 Å². The maximum absolute atomic E-state index is 11.5. The number of ether oxygens (including phenoxy) is 1. The van der Waals surface area contributed by atoms with Crippen LogP contribution in [0.25, 0.3) is 0 Å². The Morgan fingerprint density at radius 2 is 2.00 bits per heavy atom. The van der Waals surface area contributed by atoms with E-state index in [4.69, 9.17) is 4.74 Å². The molecule has 0 N–H and O–H groups in total. The average molecular weight is 224 g/mol. The van der Waals surface area contributed by atoms with E-state index in [0.717, 1.165) is 22.4 Å². The number of rotatable bonds is 4. The van der Waals surface area contributed by atoms with Gasteiger partial charge in [-0.25, -0.2) is 0 Å².